The van der Waals surface area contributed by atoms with Crippen molar-refractivity contribution >= 4 is 34.7 Å². The number of hydrogen-bond acceptors (Lipinski definition) is 6. The largest absolute Gasteiger partial charge is 0.346 e. The molecule has 0 saturated carbocycles. The molecule has 2 rings (SSSR count). The van der Waals surface area contributed by atoms with Crippen molar-refractivity contribution in [3.63, 3.8) is 0 Å². The summed E-state index contributed by atoms with van der Waals surface area (Å²) in [5.41, 5.74) is 0. The van der Waals surface area contributed by atoms with Gasteiger partial charge in [0.2, 0.25) is 5.91 Å². The Morgan fingerprint density at radius 2 is 1.95 bits per heavy atom. The van der Waals surface area contributed by atoms with Gasteiger partial charge in [0.05, 0.1) is 5.75 Å². The van der Waals surface area contributed by atoms with Gasteiger partial charge >= 0.3 is 11.8 Å². The Bertz CT molecular complexity index is 420. The second-order valence-corrected chi connectivity index (χ2v) is 5.32. The second kappa shape index (κ2) is 6.71. The van der Waals surface area contributed by atoms with Crippen LogP contribution in [0.25, 0.3) is 0 Å². The van der Waals surface area contributed by atoms with E-state index in [0.29, 0.717) is 26.2 Å². The molecule has 20 heavy (non-hydrogen) atoms. The van der Waals surface area contributed by atoms with Crippen LogP contribution in [0.15, 0.2) is 0 Å². The van der Waals surface area contributed by atoms with Crippen LogP contribution in [0.5, 0.6) is 0 Å². The predicted octanol–water partition coefficient (Wildman–Crippen LogP) is -1.77. The average molecular weight is 300 g/mol. The Balaban J connectivity index is 1.73. The maximum atomic E-state index is 11.8. The topological polar surface area (TPSA) is 98.8 Å². The number of thioether (sulfide) groups is 1. The summed E-state index contributed by atoms with van der Waals surface area (Å²) in [5, 5.41) is 5.22. The van der Waals surface area contributed by atoms with Crippen LogP contribution in [-0.4, -0.2) is 77.8 Å². The maximum absolute atomic E-state index is 11.8. The molecule has 0 aliphatic carbocycles. The maximum Gasteiger partial charge on any atom is 0.311 e. The summed E-state index contributed by atoms with van der Waals surface area (Å²) in [7, 11) is 0. The molecule has 2 fully saturated rings. The van der Waals surface area contributed by atoms with Gasteiger partial charge in [0.15, 0.2) is 0 Å². The van der Waals surface area contributed by atoms with Crippen LogP contribution < -0.4 is 10.6 Å². The van der Waals surface area contributed by atoms with Gasteiger partial charge in [-0.1, -0.05) is 11.8 Å². The van der Waals surface area contributed by atoms with Crippen LogP contribution in [0.4, 0.5) is 4.79 Å². The number of rotatable bonds is 3. The molecular formula is C11H16N4O4S. The highest BCUT2D eigenvalue weighted by Gasteiger charge is 2.30. The minimum atomic E-state index is -0.696. The third-order valence-electron chi connectivity index (χ3n) is 3.06. The molecule has 2 aliphatic rings. The second-order valence-electron chi connectivity index (χ2n) is 4.40. The molecule has 0 unspecified atom stereocenters. The summed E-state index contributed by atoms with van der Waals surface area (Å²) in [5.74, 6) is -1.38. The van der Waals surface area contributed by atoms with Crippen molar-refractivity contribution in [3.8, 4) is 0 Å². The van der Waals surface area contributed by atoms with E-state index < -0.39 is 11.8 Å². The Morgan fingerprint density at radius 1 is 1.25 bits per heavy atom. The van der Waals surface area contributed by atoms with Crippen molar-refractivity contribution in [3.05, 3.63) is 0 Å². The van der Waals surface area contributed by atoms with Gasteiger partial charge in [0, 0.05) is 39.3 Å². The first-order valence-corrected chi connectivity index (χ1v) is 7.33. The molecule has 2 heterocycles. The van der Waals surface area contributed by atoms with Crippen molar-refractivity contribution in [2.45, 2.75) is 0 Å². The number of amides is 4. The fraction of sp³-hybridized carbons (Fsp3) is 0.636. The molecule has 0 spiro atoms. The number of nitrogens with zero attached hydrogens (tertiary/aromatic N) is 2. The summed E-state index contributed by atoms with van der Waals surface area (Å²) in [6, 6.07) is 0. The molecule has 0 aromatic heterocycles. The normalized spacial score (nSPS) is 19.4. The molecule has 2 aliphatic heterocycles. The lowest BCUT2D eigenvalue weighted by atomic mass is 10.3. The number of carbonyl (C=O) groups is 4. The zero-order valence-electron chi connectivity index (χ0n) is 10.9. The molecule has 4 amide bonds. The van der Waals surface area contributed by atoms with Crippen LogP contribution in [0.2, 0.25) is 0 Å². The average Bonchev–Trinajstić information content (AvgIpc) is 2.79. The Hall–Kier alpha value is -1.61. The highest BCUT2D eigenvalue weighted by atomic mass is 32.2. The van der Waals surface area contributed by atoms with Crippen molar-refractivity contribution in [1.82, 2.24) is 20.4 Å². The van der Waals surface area contributed by atoms with E-state index in [9.17, 15) is 19.2 Å². The molecule has 0 bridgehead atoms. The molecule has 0 aromatic rings. The lowest BCUT2D eigenvalue weighted by Gasteiger charge is -2.26. The van der Waals surface area contributed by atoms with Crippen molar-refractivity contribution in [1.29, 1.82) is 0 Å². The zero-order chi connectivity index (χ0) is 14.5. The third-order valence-corrected chi connectivity index (χ3v) is 3.92. The molecule has 2 N–H and O–H groups in total. The van der Waals surface area contributed by atoms with Crippen LogP contribution >= 0.6 is 11.8 Å². The Morgan fingerprint density at radius 3 is 2.55 bits per heavy atom. The van der Waals surface area contributed by atoms with Crippen LogP contribution in [0.3, 0.4) is 0 Å². The Kier molecular flexibility index (Phi) is 4.96. The van der Waals surface area contributed by atoms with E-state index in [-0.39, 0.29) is 30.0 Å². The minimum absolute atomic E-state index is 0.0920. The fourth-order valence-electron chi connectivity index (χ4n) is 1.97. The first-order valence-electron chi connectivity index (χ1n) is 6.34. The number of carbonyl (C=O) groups excluding carboxylic acids is 4. The number of piperazine rings is 1. The summed E-state index contributed by atoms with van der Waals surface area (Å²) >= 11 is 0.944. The van der Waals surface area contributed by atoms with Gasteiger partial charge < -0.3 is 15.5 Å². The first-order chi connectivity index (χ1) is 9.59. The number of hydrogen-bond donors (Lipinski definition) is 2. The Labute approximate surface area is 120 Å². The van der Waals surface area contributed by atoms with E-state index in [1.54, 1.807) is 0 Å². The van der Waals surface area contributed by atoms with Crippen LogP contribution in [0.1, 0.15) is 0 Å². The first kappa shape index (κ1) is 14.8. The molecule has 8 nitrogen and oxygen atoms in total. The lowest BCUT2D eigenvalue weighted by Crippen LogP contribution is -2.52. The molecule has 2 saturated heterocycles. The van der Waals surface area contributed by atoms with Gasteiger partial charge in [0.1, 0.15) is 0 Å². The fourth-order valence-corrected chi connectivity index (χ4v) is 2.72. The molecule has 0 aromatic carbocycles. The zero-order valence-corrected chi connectivity index (χ0v) is 11.7. The van der Waals surface area contributed by atoms with E-state index in [1.165, 1.54) is 4.90 Å². The van der Waals surface area contributed by atoms with Crippen LogP contribution in [-0.2, 0) is 14.4 Å². The van der Waals surface area contributed by atoms with Gasteiger partial charge in [-0.05, 0) is 0 Å². The summed E-state index contributed by atoms with van der Waals surface area (Å²) < 4.78 is 0. The van der Waals surface area contributed by atoms with Gasteiger partial charge in [-0.2, -0.15) is 0 Å². The van der Waals surface area contributed by atoms with Crippen molar-refractivity contribution in [2.75, 3.05) is 45.0 Å². The quantitative estimate of drug-likeness (QED) is 0.599. The van der Waals surface area contributed by atoms with Gasteiger partial charge in [-0.15, -0.1) is 0 Å². The molecular weight excluding hydrogens is 284 g/mol. The molecule has 9 heteroatoms. The summed E-state index contributed by atoms with van der Waals surface area (Å²) in [6.07, 6.45) is 0. The smallest absolute Gasteiger partial charge is 0.311 e. The molecule has 0 atom stereocenters. The van der Waals surface area contributed by atoms with Gasteiger partial charge in [0.25, 0.3) is 5.24 Å². The van der Waals surface area contributed by atoms with E-state index in [2.05, 4.69) is 10.6 Å². The van der Waals surface area contributed by atoms with Gasteiger partial charge in [-0.25, -0.2) is 0 Å². The van der Waals surface area contributed by atoms with Gasteiger partial charge in [-0.3, -0.25) is 24.1 Å². The SMILES string of the molecule is O=C(NCCN1C(=O)CSC1=O)C(=O)N1CCNCC1. The standard InChI is InChI=1S/C11H16N4O4S/c16-8-7-20-11(19)15(8)6-3-13-9(17)10(18)14-4-1-12-2-5-14/h12H,1-7H2,(H,13,17). The van der Waals surface area contributed by atoms with Crippen molar-refractivity contribution < 1.29 is 19.2 Å². The van der Waals surface area contributed by atoms with Crippen molar-refractivity contribution in [2.24, 2.45) is 0 Å². The van der Waals surface area contributed by atoms with E-state index >= 15 is 0 Å². The molecule has 110 valence electrons. The van der Waals surface area contributed by atoms with E-state index in [1.807, 2.05) is 0 Å². The minimum Gasteiger partial charge on any atom is -0.346 e. The molecule has 0 radical (unpaired) electrons. The lowest BCUT2D eigenvalue weighted by molar-refractivity contribution is -0.146. The summed E-state index contributed by atoms with van der Waals surface area (Å²) in [6.45, 7) is 2.55. The number of imide groups is 1. The third kappa shape index (κ3) is 3.48. The van der Waals surface area contributed by atoms with Crippen LogP contribution in [0, 0.1) is 0 Å². The van der Waals surface area contributed by atoms with E-state index in [4.69, 9.17) is 0 Å². The predicted molar refractivity (Wildman–Crippen MR) is 72.0 cm³/mol. The monoisotopic (exact) mass is 300 g/mol. The highest BCUT2D eigenvalue weighted by Crippen LogP contribution is 2.17. The summed E-state index contributed by atoms with van der Waals surface area (Å²) in [4.78, 5) is 48.7. The number of nitrogens with one attached hydrogen (secondary N) is 2. The highest BCUT2D eigenvalue weighted by molar-refractivity contribution is 8.14. The van der Waals surface area contributed by atoms with E-state index in [0.717, 1.165) is 16.7 Å².